The van der Waals surface area contributed by atoms with Crippen molar-refractivity contribution < 1.29 is 22.7 Å². The summed E-state index contributed by atoms with van der Waals surface area (Å²) in [4.78, 5) is 18.1. The first kappa shape index (κ1) is 20.7. The number of hydrogen-bond donors (Lipinski definition) is 2. The standard InChI is InChI=1S/C17H22F3N5O2S/c1-27-6-4-21-16(26)12-7-22-24-15(12)11-3-2-5-25(8-11)9-14-23-13(10-28-14)17(18,19)20/h7,10-11H,2-6,8-9H2,1H3,(H,21,26)(H,22,24)/t11-/m0/s1. The fourth-order valence-electron chi connectivity index (χ4n) is 3.29. The van der Waals surface area contributed by atoms with Gasteiger partial charge in [0.15, 0.2) is 5.69 Å². The van der Waals surface area contributed by atoms with E-state index in [1.807, 2.05) is 0 Å². The summed E-state index contributed by atoms with van der Waals surface area (Å²) >= 11 is 1.02. The van der Waals surface area contributed by atoms with Gasteiger partial charge in [-0.05, 0) is 19.4 Å². The zero-order valence-electron chi connectivity index (χ0n) is 15.4. The van der Waals surface area contributed by atoms with Crippen molar-refractivity contribution in [2.45, 2.75) is 31.5 Å². The highest BCUT2D eigenvalue weighted by Gasteiger charge is 2.34. The molecule has 3 heterocycles. The van der Waals surface area contributed by atoms with Gasteiger partial charge in [0.1, 0.15) is 5.01 Å². The number of piperidine rings is 1. The molecule has 1 amide bonds. The normalized spacial score (nSPS) is 18.4. The number of ether oxygens (including phenoxy) is 1. The van der Waals surface area contributed by atoms with Crippen LogP contribution in [0.5, 0.6) is 0 Å². The van der Waals surface area contributed by atoms with Gasteiger partial charge in [0.05, 0.1) is 30.6 Å². The Kier molecular flexibility index (Phi) is 6.68. The Balaban J connectivity index is 1.63. The molecule has 2 N–H and O–H groups in total. The van der Waals surface area contributed by atoms with E-state index >= 15 is 0 Å². The fourth-order valence-corrected chi connectivity index (χ4v) is 4.13. The minimum atomic E-state index is -4.42. The van der Waals surface area contributed by atoms with E-state index in [0.29, 0.717) is 36.8 Å². The van der Waals surface area contributed by atoms with Crippen LogP contribution in [0, 0.1) is 0 Å². The number of rotatable bonds is 7. The van der Waals surface area contributed by atoms with Crippen molar-refractivity contribution in [2.75, 3.05) is 33.4 Å². The molecule has 2 aromatic rings. The molecule has 1 saturated heterocycles. The van der Waals surface area contributed by atoms with Gasteiger partial charge in [-0.15, -0.1) is 11.3 Å². The molecular formula is C17H22F3N5O2S. The average Bonchev–Trinajstić information content (AvgIpc) is 3.31. The third-order valence-corrected chi connectivity index (χ3v) is 5.45. The maximum Gasteiger partial charge on any atom is 0.434 e. The number of nitrogens with one attached hydrogen (secondary N) is 2. The number of methoxy groups -OCH3 is 1. The number of aromatic amines is 1. The van der Waals surface area contributed by atoms with Crippen molar-refractivity contribution in [1.82, 2.24) is 25.4 Å². The van der Waals surface area contributed by atoms with Crippen LogP contribution < -0.4 is 5.32 Å². The maximum atomic E-state index is 12.7. The quantitative estimate of drug-likeness (QED) is 0.677. The summed E-state index contributed by atoms with van der Waals surface area (Å²) in [6.07, 6.45) is -1.15. The second-order valence-corrected chi connectivity index (χ2v) is 7.59. The molecule has 28 heavy (non-hydrogen) atoms. The molecule has 1 atom stereocenters. The third kappa shape index (κ3) is 5.09. The van der Waals surface area contributed by atoms with E-state index in [2.05, 4.69) is 25.4 Å². The monoisotopic (exact) mass is 417 g/mol. The number of amides is 1. The van der Waals surface area contributed by atoms with Crippen LogP contribution in [-0.2, 0) is 17.5 Å². The highest BCUT2D eigenvalue weighted by molar-refractivity contribution is 7.09. The summed E-state index contributed by atoms with van der Waals surface area (Å²) in [5.41, 5.74) is 0.413. The molecule has 0 saturated carbocycles. The molecule has 1 aliphatic heterocycles. The number of carbonyl (C=O) groups excluding carboxylic acids is 1. The lowest BCUT2D eigenvalue weighted by Crippen LogP contribution is -2.35. The Morgan fingerprint density at radius 2 is 2.32 bits per heavy atom. The van der Waals surface area contributed by atoms with Gasteiger partial charge in [-0.1, -0.05) is 0 Å². The molecule has 3 rings (SSSR count). The lowest BCUT2D eigenvalue weighted by Gasteiger charge is -2.32. The number of aromatic nitrogens is 3. The molecule has 1 fully saturated rings. The van der Waals surface area contributed by atoms with Crippen LogP contribution >= 0.6 is 11.3 Å². The van der Waals surface area contributed by atoms with E-state index in [4.69, 9.17) is 4.74 Å². The maximum absolute atomic E-state index is 12.7. The van der Waals surface area contributed by atoms with E-state index in [-0.39, 0.29) is 11.8 Å². The first-order chi connectivity index (χ1) is 13.4. The zero-order valence-corrected chi connectivity index (χ0v) is 16.2. The Bertz CT molecular complexity index is 792. The minimum Gasteiger partial charge on any atom is -0.383 e. The number of halogens is 3. The largest absolute Gasteiger partial charge is 0.434 e. The molecule has 7 nitrogen and oxygen atoms in total. The van der Waals surface area contributed by atoms with Crippen LogP contribution in [0.25, 0.3) is 0 Å². The van der Waals surface area contributed by atoms with Crippen LogP contribution in [-0.4, -0.2) is 59.3 Å². The smallest absolute Gasteiger partial charge is 0.383 e. The predicted molar refractivity (Wildman–Crippen MR) is 97.2 cm³/mol. The van der Waals surface area contributed by atoms with Gasteiger partial charge in [0.25, 0.3) is 5.91 Å². The van der Waals surface area contributed by atoms with Crippen LogP contribution in [0.15, 0.2) is 11.6 Å². The van der Waals surface area contributed by atoms with Crippen molar-refractivity contribution in [3.8, 4) is 0 Å². The molecule has 0 spiro atoms. The molecule has 2 aromatic heterocycles. The zero-order chi connectivity index (χ0) is 20.1. The molecular weight excluding hydrogens is 395 g/mol. The van der Waals surface area contributed by atoms with Gasteiger partial charge < -0.3 is 10.1 Å². The van der Waals surface area contributed by atoms with Crippen LogP contribution in [0.4, 0.5) is 13.2 Å². The summed E-state index contributed by atoms with van der Waals surface area (Å²) in [6.45, 7) is 2.59. The second-order valence-electron chi connectivity index (χ2n) is 6.64. The SMILES string of the molecule is COCCNC(=O)c1cn[nH]c1[C@H]1CCCN(Cc2nc(C(F)(F)F)cs2)C1. The average molecular weight is 417 g/mol. The van der Waals surface area contributed by atoms with Crippen molar-refractivity contribution >= 4 is 17.2 Å². The van der Waals surface area contributed by atoms with Crippen molar-refractivity contribution in [3.63, 3.8) is 0 Å². The fraction of sp³-hybridized carbons (Fsp3) is 0.588. The van der Waals surface area contributed by atoms with E-state index in [1.54, 1.807) is 7.11 Å². The van der Waals surface area contributed by atoms with E-state index in [9.17, 15) is 18.0 Å². The summed E-state index contributed by atoms with van der Waals surface area (Å²) < 4.78 is 43.1. The number of hydrogen-bond acceptors (Lipinski definition) is 6. The highest BCUT2D eigenvalue weighted by atomic mass is 32.1. The van der Waals surface area contributed by atoms with Gasteiger partial charge >= 0.3 is 6.18 Å². The van der Waals surface area contributed by atoms with Crippen molar-refractivity contribution in [1.29, 1.82) is 0 Å². The van der Waals surface area contributed by atoms with E-state index in [1.165, 1.54) is 6.20 Å². The van der Waals surface area contributed by atoms with E-state index < -0.39 is 11.9 Å². The molecule has 154 valence electrons. The Hall–Kier alpha value is -1.98. The number of alkyl halides is 3. The lowest BCUT2D eigenvalue weighted by molar-refractivity contribution is -0.140. The topological polar surface area (TPSA) is 83.1 Å². The molecule has 1 aliphatic rings. The van der Waals surface area contributed by atoms with Gasteiger partial charge in [0.2, 0.25) is 0 Å². The molecule has 0 bridgehead atoms. The van der Waals surface area contributed by atoms with Gasteiger partial charge in [-0.3, -0.25) is 14.8 Å². The Labute approximate surface area is 164 Å². The predicted octanol–water partition coefficient (Wildman–Crippen LogP) is 2.64. The van der Waals surface area contributed by atoms with Crippen molar-refractivity contribution in [2.24, 2.45) is 0 Å². The lowest BCUT2D eigenvalue weighted by atomic mass is 9.92. The summed E-state index contributed by atoms with van der Waals surface area (Å²) in [5.74, 6) is -0.158. The Morgan fingerprint density at radius 3 is 3.04 bits per heavy atom. The van der Waals surface area contributed by atoms with Gasteiger partial charge in [-0.25, -0.2) is 4.98 Å². The number of nitrogens with zero attached hydrogens (tertiary/aromatic N) is 3. The molecule has 0 unspecified atom stereocenters. The number of thiazole rings is 1. The van der Waals surface area contributed by atoms with Crippen LogP contribution in [0.3, 0.4) is 0 Å². The minimum absolute atomic E-state index is 0.0569. The summed E-state index contributed by atoms with van der Waals surface area (Å²) in [7, 11) is 1.56. The molecule has 11 heteroatoms. The van der Waals surface area contributed by atoms with Crippen LogP contribution in [0.1, 0.15) is 45.5 Å². The molecule has 0 aromatic carbocycles. The second kappa shape index (κ2) is 9.01. The summed E-state index contributed by atoms with van der Waals surface area (Å²) in [5, 5.41) is 11.2. The number of likely N-dealkylation sites (tertiary alicyclic amines) is 1. The number of carbonyl (C=O) groups is 1. The molecule has 0 aliphatic carbocycles. The third-order valence-electron chi connectivity index (χ3n) is 4.62. The van der Waals surface area contributed by atoms with Gasteiger partial charge in [0, 0.05) is 31.5 Å². The first-order valence-corrected chi connectivity index (χ1v) is 9.80. The van der Waals surface area contributed by atoms with E-state index in [0.717, 1.165) is 41.8 Å². The van der Waals surface area contributed by atoms with Crippen molar-refractivity contribution in [3.05, 3.63) is 33.5 Å². The Morgan fingerprint density at radius 1 is 1.50 bits per heavy atom. The highest BCUT2D eigenvalue weighted by Crippen LogP contribution is 2.32. The molecule has 0 radical (unpaired) electrons. The number of H-pyrrole nitrogens is 1. The summed E-state index contributed by atoms with van der Waals surface area (Å²) in [6, 6.07) is 0. The van der Waals surface area contributed by atoms with Crippen LogP contribution in [0.2, 0.25) is 0 Å². The first-order valence-electron chi connectivity index (χ1n) is 8.93. The van der Waals surface area contributed by atoms with Gasteiger partial charge in [-0.2, -0.15) is 18.3 Å².